The molecule has 0 bridgehead atoms. The number of carbonyl (C=O) groups is 1. The van der Waals surface area contributed by atoms with Crippen LogP contribution in [0.2, 0.25) is 5.02 Å². The number of aromatic hydroxyl groups is 1. The molecule has 0 aliphatic carbocycles. The van der Waals surface area contributed by atoms with E-state index in [0.29, 0.717) is 10.7 Å². The van der Waals surface area contributed by atoms with Gasteiger partial charge in [-0.05, 0) is 48.4 Å². The summed E-state index contributed by atoms with van der Waals surface area (Å²) < 4.78 is 0. The Kier molecular flexibility index (Phi) is 3.24. The van der Waals surface area contributed by atoms with Crippen LogP contribution in [0.3, 0.4) is 0 Å². The largest absolute Gasteiger partial charge is 0.507 e. The number of anilines is 2. The Morgan fingerprint density at radius 3 is 2.95 bits per heavy atom. The van der Waals surface area contributed by atoms with Crippen LogP contribution in [0.5, 0.6) is 5.75 Å². The van der Waals surface area contributed by atoms with Crippen LogP contribution in [0.4, 0.5) is 11.4 Å². The highest BCUT2D eigenvalue weighted by molar-refractivity contribution is 6.31. The molecule has 20 heavy (non-hydrogen) atoms. The second kappa shape index (κ2) is 5.06. The number of phenolic OH excluding ortho intramolecular Hbond substituents is 1. The lowest BCUT2D eigenvalue weighted by atomic mass is 10.1. The molecule has 5 heteroatoms. The summed E-state index contributed by atoms with van der Waals surface area (Å²) in [4.78, 5) is 12.1. The Bertz CT molecular complexity index is 686. The van der Waals surface area contributed by atoms with Crippen LogP contribution in [0.1, 0.15) is 15.9 Å². The first-order chi connectivity index (χ1) is 9.63. The van der Waals surface area contributed by atoms with Crippen LogP contribution < -0.4 is 10.6 Å². The van der Waals surface area contributed by atoms with Crippen LogP contribution >= 0.6 is 11.6 Å². The lowest BCUT2D eigenvalue weighted by Crippen LogP contribution is -2.12. The first-order valence-corrected chi connectivity index (χ1v) is 6.68. The molecule has 2 aromatic carbocycles. The fraction of sp³-hybridized carbons (Fsp3) is 0.133. The van der Waals surface area contributed by atoms with E-state index >= 15 is 0 Å². The highest BCUT2D eigenvalue weighted by Gasteiger charge is 2.14. The summed E-state index contributed by atoms with van der Waals surface area (Å²) >= 11 is 5.84. The van der Waals surface area contributed by atoms with Gasteiger partial charge in [0.15, 0.2) is 0 Å². The zero-order chi connectivity index (χ0) is 14.1. The molecule has 0 spiro atoms. The first-order valence-electron chi connectivity index (χ1n) is 6.30. The summed E-state index contributed by atoms with van der Waals surface area (Å²) in [6.07, 6.45) is 0.946. The normalized spacial score (nSPS) is 12.7. The van der Waals surface area contributed by atoms with Gasteiger partial charge in [-0.1, -0.05) is 11.6 Å². The highest BCUT2D eigenvalue weighted by atomic mass is 35.5. The SMILES string of the molecule is O=C(Nc1ccc2c(c1)CCN2)c1cc(Cl)ccc1O. The minimum Gasteiger partial charge on any atom is -0.507 e. The molecular weight excluding hydrogens is 276 g/mol. The van der Waals surface area contributed by atoms with E-state index in [1.54, 1.807) is 0 Å². The van der Waals surface area contributed by atoms with E-state index in [1.165, 1.54) is 23.8 Å². The molecule has 1 aliphatic rings. The molecule has 0 radical (unpaired) electrons. The van der Waals surface area contributed by atoms with Crippen LogP contribution in [0, 0.1) is 0 Å². The molecule has 102 valence electrons. The smallest absolute Gasteiger partial charge is 0.259 e. The maximum Gasteiger partial charge on any atom is 0.259 e. The summed E-state index contributed by atoms with van der Waals surface area (Å²) in [6, 6.07) is 10.1. The van der Waals surface area contributed by atoms with E-state index < -0.39 is 0 Å². The summed E-state index contributed by atoms with van der Waals surface area (Å²) in [7, 11) is 0. The molecule has 3 N–H and O–H groups in total. The average molecular weight is 289 g/mol. The molecule has 3 rings (SSSR count). The molecule has 0 atom stereocenters. The molecule has 0 saturated carbocycles. The van der Waals surface area contributed by atoms with Gasteiger partial charge >= 0.3 is 0 Å². The van der Waals surface area contributed by atoms with Crippen molar-refractivity contribution in [2.75, 3.05) is 17.2 Å². The van der Waals surface area contributed by atoms with Crippen LogP contribution in [-0.2, 0) is 6.42 Å². The molecule has 1 aliphatic heterocycles. The number of hydrogen-bond acceptors (Lipinski definition) is 3. The molecule has 0 unspecified atom stereocenters. The minimum atomic E-state index is -0.379. The fourth-order valence-electron chi connectivity index (χ4n) is 2.27. The van der Waals surface area contributed by atoms with E-state index in [1.807, 2.05) is 18.2 Å². The molecule has 0 saturated heterocycles. The van der Waals surface area contributed by atoms with Crippen molar-refractivity contribution in [1.82, 2.24) is 0 Å². The van der Waals surface area contributed by atoms with Gasteiger partial charge in [0.1, 0.15) is 5.75 Å². The van der Waals surface area contributed by atoms with E-state index in [0.717, 1.165) is 18.7 Å². The third-order valence-electron chi connectivity index (χ3n) is 3.28. The molecule has 0 fully saturated rings. The maximum atomic E-state index is 12.1. The highest BCUT2D eigenvalue weighted by Crippen LogP contribution is 2.27. The second-order valence-electron chi connectivity index (χ2n) is 4.66. The van der Waals surface area contributed by atoms with Crippen molar-refractivity contribution in [3.8, 4) is 5.75 Å². The Hall–Kier alpha value is -2.20. The van der Waals surface area contributed by atoms with Crippen LogP contribution in [0.25, 0.3) is 0 Å². The molecule has 4 nitrogen and oxygen atoms in total. The summed E-state index contributed by atoms with van der Waals surface area (Å²) in [5, 5.41) is 16.1. The zero-order valence-electron chi connectivity index (χ0n) is 10.6. The van der Waals surface area contributed by atoms with Crippen molar-refractivity contribution >= 4 is 28.9 Å². The fourth-order valence-corrected chi connectivity index (χ4v) is 2.44. The van der Waals surface area contributed by atoms with Gasteiger partial charge in [-0.2, -0.15) is 0 Å². The van der Waals surface area contributed by atoms with Gasteiger partial charge in [0, 0.05) is 22.9 Å². The number of rotatable bonds is 2. The number of phenols is 1. The molecule has 2 aromatic rings. The number of benzene rings is 2. The summed E-state index contributed by atoms with van der Waals surface area (Å²) in [5.74, 6) is -0.467. The number of amides is 1. The number of fused-ring (bicyclic) bond motifs is 1. The van der Waals surface area contributed by atoms with Gasteiger partial charge in [0.2, 0.25) is 0 Å². The second-order valence-corrected chi connectivity index (χ2v) is 5.10. The van der Waals surface area contributed by atoms with Gasteiger partial charge in [-0.15, -0.1) is 0 Å². The van der Waals surface area contributed by atoms with Crippen molar-refractivity contribution in [3.05, 3.63) is 52.5 Å². The predicted octanol–water partition coefficient (Wildman–Crippen LogP) is 3.27. The van der Waals surface area contributed by atoms with E-state index in [9.17, 15) is 9.90 Å². The van der Waals surface area contributed by atoms with Crippen LogP contribution in [-0.4, -0.2) is 17.6 Å². The Labute approximate surface area is 121 Å². The van der Waals surface area contributed by atoms with Gasteiger partial charge in [0.05, 0.1) is 5.56 Å². The van der Waals surface area contributed by atoms with E-state index in [-0.39, 0.29) is 17.2 Å². The summed E-state index contributed by atoms with van der Waals surface area (Å²) in [5.41, 5.74) is 3.15. The molecule has 1 heterocycles. The average Bonchev–Trinajstić information content (AvgIpc) is 2.89. The van der Waals surface area contributed by atoms with Crippen molar-refractivity contribution in [2.24, 2.45) is 0 Å². The maximum absolute atomic E-state index is 12.1. The monoisotopic (exact) mass is 288 g/mol. The lowest BCUT2D eigenvalue weighted by Gasteiger charge is -2.09. The third kappa shape index (κ3) is 2.42. The quantitative estimate of drug-likeness (QED) is 0.795. The van der Waals surface area contributed by atoms with Gasteiger partial charge < -0.3 is 15.7 Å². The van der Waals surface area contributed by atoms with Crippen molar-refractivity contribution < 1.29 is 9.90 Å². The molecule has 1 amide bonds. The first kappa shape index (κ1) is 12.8. The molecule has 0 aromatic heterocycles. The topological polar surface area (TPSA) is 61.4 Å². The van der Waals surface area contributed by atoms with E-state index in [2.05, 4.69) is 10.6 Å². The Morgan fingerprint density at radius 2 is 2.10 bits per heavy atom. The van der Waals surface area contributed by atoms with E-state index in [4.69, 9.17) is 11.6 Å². The van der Waals surface area contributed by atoms with Crippen molar-refractivity contribution in [3.63, 3.8) is 0 Å². The number of halogens is 1. The standard InChI is InChI=1S/C15H13ClN2O2/c16-10-1-4-14(19)12(8-10)15(20)18-11-2-3-13-9(7-11)5-6-17-13/h1-4,7-8,17,19H,5-6H2,(H,18,20). The van der Waals surface area contributed by atoms with Gasteiger partial charge in [0.25, 0.3) is 5.91 Å². The zero-order valence-corrected chi connectivity index (χ0v) is 11.4. The molecular formula is C15H13ClN2O2. The van der Waals surface area contributed by atoms with Gasteiger partial charge in [-0.3, -0.25) is 4.79 Å². The van der Waals surface area contributed by atoms with Gasteiger partial charge in [-0.25, -0.2) is 0 Å². The van der Waals surface area contributed by atoms with Crippen molar-refractivity contribution in [1.29, 1.82) is 0 Å². The predicted molar refractivity (Wildman–Crippen MR) is 79.7 cm³/mol. The minimum absolute atomic E-state index is 0.0882. The number of carbonyl (C=O) groups excluding carboxylic acids is 1. The number of nitrogens with one attached hydrogen (secondary N) is 2. The number of hydrogen-bond donors (Lipinski definition) is 3. The van der Waals surface area contributed by atoms with Crippen molar-refractivity contribution in [2.45, 2.75) is 6.42 Å². The Morgan fingerprint density at radius 1 is 1.25 bits per heavy atom. The summed E-state index contributed by atoms with van der Waals surface area (Å²) in [6.45, 7) is 0.918. The Balaban J connectivity index is 1.84. The lowest BCUT2D eigenvalue weighted by molar-refractivity contribution is 0.102. The van der Waals surface area contributed by atoms with Crippen LogP contribution in [0.15, 0.2) is 36.4 Å². The third-order valence-corrected chi connectivity index (χ3v) is 3.51.